The minimum Gasteiger partial charge on any atom is -0.391 e. The monoisotopic (exact) mass is 478 g/mol. The molecular formula is C31H30N2O3. The van der Waals surface area contributed by atoms with E-state index in [4.69, 9.17) is 0 Å². The smallest absolute Gasteiger partial charge is 0.269 e. The summed E-state index contributed by atoms with van der Waals surface area (Å²) in [5, 5.41) is 22.6. The molecule has 5 nitrogen and oxygen atoms in total. The first-order valence-electron chi connectivity index (χ1n) is 12.5. The van der Waals surface area contributed by atoms with Gasteiger partial charge in [0.1, 0.15) is 0 Å². The number of aliphatic hydroxyl groups excluding tert-OH is 1. The number of aliphatic hydroxyl groups is 1. The van der Waals surface area contributed by atoms with Gasteiger partial charge >= 0.3 is 0 Å². The molecule has 4 aromatic rings. The molecule has 0 bridgehead atoms. The lowest BCUT2D eigenvalue weighted by atomic mass is 9.74. The van der Waals surface area contributed by atoms with E-state index in [1.165, 1.54) is 12.1 Å². The average molecular weight is 479 g/mol. The highest BCUT2D eigenvalue weighted by Gasteiger charge is 2.48. The van der Waals surface area contributed by atoms with E-state index in [2.05, 4.69) is 77.7 Å². The third-order valence-corrected chi connectivity index (χ3v) is 7.34. The number of nitro groups is 1. The molecule has 1 aliphatic heterocycles. The van der Waals surface area contributed by atoms with Gasteiger partial charge in [-0.2, -0.15) is 0 Å². The zero-order valence-electron chi connectivity index (χ0n) is 20.1. The van der Waals surface area contributed by atoms with Crippen LogP contribution in [0.5, 0.6) is 0 Å². The van der Waals surface area contributed by atoms with Gasteiger partial charge in [-0.25, -0.2) is 0 Å². The summed E-state index contributed by atoms with van der Waals surface area (Å²) in [7, 11) is 0. The van der Waals surface area contributed by atoms with Crippen LogP contribution < -0.4 is 0 Å². The predicted molar refractivity (Wildman–Crippen MR) is 142 cm³/mol. The lowest BCUT2D eigenvalue weighted by Crippen LogP contribution is -2.54. The molecule has 0 radical (unpaired) electrons. The Hall–Kier alpha value is -3.80. The van der Waals surface area contributed by atoms with Gasteiger partial charge in [-0.05, 0) is 41.5 Å². The van der Waals surface area contributed by atoms with E-state index in [1.807, 2.05) is 18.2 Å². The van der Waals surface area contributed by atoms with Crippen molar-refractivity contribution < 1.29 is 10.0 Å². The van der Waals surface area contributed by atoms with E-state index in [1.54, 1.807) is 12.1 Å². The van der Waals surface area contributed by atoms with E-state index in [-0.39, 0.29) is 11.7 Å². The molecule has 0 spiro atoms. The molecule has 1 N–H and O–H groups in total. The summed E-state index contributed by atoms with van der Waals surface area (Å²) >= 11 is 0. The van der Waals surface area contributed by atoms with Crippen molar-refractivity contribution in [2.24, 2.45) is 0 Å². The Labute approximate surface area is 211 Å². The molecule has 0 aromatic heterocycles. The maximum absolute atomic E-state index is 11.6. The Morgan fingerprint density at radius 2 is 1.28 bits per heavy atom. The van der Waals surface area contributed by atoms with Crippen molar-refractivity contribution in [3.8, 4) is 0 Å². The van der Waals surface area contributed by atoms with E-state index < -0.39 is 16.6 Å². The first-order chi connectivity index (χ1) is 17.6. The molecule has 0 saturated carbocycles. The van der Waals surface area contributed by atoms with Crippen LogP contribution in [0, 0.1) is 10.1 Å². The zero-order valence-corrected chi connectivity index (χ0v) is 20.1. The molecule has 2 atom stereocenters. The Morgan fingerprint density at radius 3 is 1.72 bits per heavy atom. The van der Waals surface area contributed by atoms with Gasteiger partial charge in [0.15, 0.2) is 0 Å². The molecular weight excluding hydrogens is 448 g/mol. The van der Waals surface area contributed by atoms with Crippen LogP contribution in [0.4, 0.5) is 5.69 Å². The number of hydrogen-bond acceptors (Lipinski definition) is 4. The summed E-state index contributed by atoms with van der Waals surface area (Å²) in [6.45, 7) is 0.848. The molecule has 5 rings (SSSR count). The van der Waals surface area contributed by atoms with Crippen molar-refractivity contribution in [1.29, 1.82) is 0 Å². The van der Waals surface area contributed by atoms with Crippen LogP contribution in [-0.4, -0.2) is 33.6 Å². The van der Waals surface area contributed by atoms with Crippen LogP contribution in [0.1, 0.15) is 35.1 Å². The van der Waals surface area contributed by atoms with Gasteiger partial charge in [0.05, 0.1) is 16.6 Å². The van der Waals surface area contributed by atoms with Gasteiger partial charge in [0, 0.05) is 24.7 Å². The summed E-state index contributed by atoms with van der Waals surface area (Å²) in [6.07, 6.45) is 1.68. The standard InChI is InChI=1S/C31H30N2O3/c34-30(23-24-18-20-28(21-19-24)33(35)36)29-17-10-22-32(29)31(25-11-4-1-5-12-25,26-13-6-2-7-14-26)27-15-8-3-9-16-27/h1-9,11-16,18-21,29-30,34H,10,17,22-23H2/t29-,30+/m0/s1. The summed E-state index contributed by atoms with van der Waals surface area (Å²) in [6, 6.07) is 38.1. The van der Waals surface area contributed by atoms with Crippen molar-refractivity contribution in [3.63, 3.8) is 0 Å². The highest BCUT2D eigenvalue weighted by molar-refractivity contribution is 5.50. The maximum atomic E-state index is 11.6. The quantitative estimate of drug-likeness (QED) is 0.193. The van der Waals surface area contributed by atoms with Crippen LogP contribution in [0.3, 0.4) is 0 Å². The van der Waals surface area contributed by atoms with E-state index in [0.29, 0.717) is 6.42 Å². The number of benzene rings is 4. The van der Waals surface area contributed by atoms with Crippen LogP contribution in [0.15, 0.2) is 115 Å². The molecule has 0 aliphatic carbocycles. The Balaban J connectivity index is 1.60. The highest BCUT2D eigenvalue weighted by Crippen LogP contribution is 2.46. The molecule has 1 heterocycles. The minimum absolute atomic E-state index is 0.0620. The average Bonchev–Trinajstić information content (AvgIpc) is 3.42. The second-order valence-corrected chi connectivity index (χ2v) is 9.41. The van der Waals surface area contributed by atoms with Crippen molar-refractivity contribution >= 4 is 5.69 Å². The number of hydrogen-bond donors (Lipinski definition) is 1. The molecule has 4 aromatic carbocycles. The van der Waals surface area contributed by atoms with Gasteiger partial charge in [-0.3, -0.25) is 15.0 Å². The van der Waals surface area contributed by atoms with Gasteiger partial charge in [0.25, 0.3) is 5.69 Å². The van der Waals surface area contributed by atoms with Crippen LogP contribution in [0.25, 0.3) is 0 Å². The van der Waals surface area contributed by atoms with E-state index in [0.717, 1.165) is 41.6 Å². The molecule has 182 valence electrons. The Bertz CT molecular complexity index is 1180. The fourth-order valence-corrected chi connectivity index (χ4v) is 5.78. The fraction of sp³-hybridized carbons (Fsp3) is 0.226. The molecule has 1 fully saturated rings. The molecule has 36 heavy (non-hydrogen) atoms. The number of non-ortho nitro benzene ring substituents is 1. The Kier molecular flexibility index (Phi) is 6.94. The van der Waals surface area contributed by atoms with Crippen LogP contribution in [-0.2, 0) is 12.0 Å². The number of likely N-dealkylation sites (tertiary alicyclic amines) is 1. The van der Waals surface area contributed by atoms with E-state index in [9.17, 15) is 15.2 Å². The lowest BCUT2D eigenvalue weighted by Gasteiger charge is -2.47. The van der Waals surface area contributed by atoms with Gasteiger partial charge in [-0.1, -0.05) is 103 Å². The SMILES string of the molecule is O=[N+]([O-])c1ccc(C[C@@H](O)[C@@H]2CCCN2C(c2ccccc2)(c2ccccc2)c2ccccc2)cc1. The predicted octanol–water partition coefficient (Wildman–Crippen LogP) is 5.95. The maximum Gasteiger partial charge on any atom is 0.269 e. The lowest BCUT2D eigenvalue weighted by molar-refractivity contribution is -0.384. The molecule has 5 heteroatoms. The summed E-state index contributed by atoms with van der Waals surface area (Å²) in [5.74, 6) is 0. The minimum atomic E-state index is -0.621. The normalized spacial score (nSPS) is 17.1. The topological polar surface area (TPSA) is 66.6 Å². The molecule has 0 unspecified atom stereocenters. The van der Waals surface area contributed by atoms with E-state index >= 15 is 0 Å². The number of nitro benzene ring substituents is 1. The number of rotatable bonds is 8. The zero-order chi connectivity index (χ0) is 25.0. The second-order valence-electron chi connectivity index (χ2n) is 9.41. The van der Waals surface area contributed by atoms with Gasteiger partial charge < -0.3 is 5.11 Å². The molecule has 0 amide bonds. The largest absolute Gasteiger partial charge is 0.391 e. The second kappa shape index (κ2) is 10.4. The highest BCUT2D eigenvalue weighted by atomic mass is 16.6. The van der Waals surface area contributed by atoms with Gasteiger partial charge in [0.2, 0.25) is 0 Å². The first-order valence-corrected chi connectivity index (χ1v) is 12.5. The van der Waals surface area contributed by atoms with Crippen LogP contribution >= 0.6 is 0 Å². The fourth-order valence-electron chi connectivity index (χ4n) is 5.78. The first kappa shape index (κ1) is 23.9. The molecule has 1 saturated heterocycles. The molecule has 1 aliphatic rings. The van der Waals surface area contributed by atoms with Crippen molar-refractivity contribution in [1.82, 2.24) is 4.90 Å². The van der Waals surface area contributed by atoms with Crippen LogP contribution in [0.2, 0.25) is 0 Å². The van der Waals surface area contributed by atoms with Crippen molar-refractivity contribution in [3.05, 3.63) is 148 Å². The summed E-state index contributed by atoms with van der Waals surface area (Å²) in [4.78, 5) is 13.1. The summed E-state index contributed by atoms with van der Waals surface area (Å²) < 4.78 is 0. The van der Waals surface area contributed by atoms with Gasteiger partial charge in [-0.15, -0.1) is 0 Å². The Morgan fingerprint density at radius 1 is 0.806 bits per heavy atom. The third kappa shape index (κ3) is 4.43. The number of nitrogens with zero attached hydrogens (tertiary/aromatic N) is 2. The van der Waals surface area contributed by atoms with Crippen molar-refractivity contribution in [2.75, 3.05) is 6.54 Å². The summed E-state index contributed by atoms with van der Waals surface area (Å²) in [5.41, 5.74) is 3.88. The van der Waals surface area contributed by atoms with Crippen molar-refractivity contribution in [2.45, 2.75) is 36.9 Å². The third-order valence-electron chi connectivity index (χ3n) is 7.34.